The molecule has 2 N–H and O–H groups in total. The second-order valence-electron chi connectivity index (χ2n) is 6.19. The lowest BCUT2D eigenvalue weighted by Crippen LogP contribution is -2.34. The third-order valence-electron chi connectivity index (χ3n) is 4.14. The number of aromatic amines is 1. The van der Waals surface area contributed by atoms with Gasteiger partial charge in [0.2, 0.25) is 5.91 Å². The van der Waals surface area contributed by atoms with Crippen molar-refractivity contribution in [3.05, 3.63) is 65.9 Å². The average Bonchev–Trinajstić information content (AvgIpc) is 2.94. The molecule has 3 heteroatoms. The molecule has 3 rings (SSSR count). The van der Waals surface area contributed by atoms with Crippen LogP contribution >= 0.6 is 0 Å². The van der Waals surface area contributed by atoms with Crippen molar-refractivity contribution in [1.29, 1.82) is 0 Å². The van der Waals surface area contributed by atoms with Gasteiger partial charge in [-0.3, -0.25) is 4.79 Å². The van der Waals surface area contributed by atoms with E-state index >= 15 is 0 Å². The second-order valence-corrected chi connectivity index (χ2v) is 6.19. The van der Waals surface area contributed by atoms with Gasteiger partial charge in [-0.15, -0.1) is 0 Å². The molecule has 0 unspecified atom stereocenters. The van der Waals surface area contributed by atoms with Gasteiger partial charge >= 0.3 is 0 Å². The number of aryl methyl sites for hydroxylation is 1. The van der Waals surface area contributed by atoms with Crippen molar-refractivity contribution >= 4 is 22.5 Å². The van der Waals surface area contributed by atoms with Crippen LogP contribution in [0.5, 0.6) is 0 Å². The highest BCUT2D eigenvalue weighted by atomic mass is 16.2. The van der Waals surface area contributed by atoms with E-state index in [1.807, 2.05) is 75.5 Å². The standard InChI is InChI=1S/C19H20N2O/c1-13-8-10-14(11-9-13)21-18(22)19(2,3)16-12-20-17-7-5-4-6-15(16)17/h4-12,20H,1-3H3,(H,21,22). The van der Waals surface area contributed by atoms with Gasteiger partial charge in [0.05, 0.1) is 5.41 Å². The predicted molar refractivity (Wildman–Crippen MR) is 91.1 cm³/mol. The largest absolute Gasteiger partial charge is 0.361 e. The second kappa shape index (κ2) is 5.34. The highest BCUT2D eigenvalue weighted by Gasteiger charge is 2.32. The molecule has 0 saturated heterocycles. The molecule has 0 aliphatic rings. The lowest BCUT2D eigenvalue weighted by molar-refractivity contribution is -0.120. The summed E-state index contributed by atoms with van der Waals surface area (Å²) in [5.41, 5.74) is 3.43. The van der Waals surface area contributed by atoms with E-state index in [1.54, 1.807) is 0 Å². The Balaban J connectivity index is 1.91. The summed E-state index contributed by atoms with van der Waals surface area (Å²) in [6.45, 7) is 5.93. The fourth-order valence-corrected chi connectivity index (χ4v) is 2.64. The Morgan fingerprint density at radius 2 is 1.73 bits per heavy atom. The number of para-hydroxylation sites is 1. The van der Waals surface area contributed by atoms with E-state index in [-0.39, 0.29) is 5.91 Å². The van der Waals surface area contributed by atoms with Crippen molar-refractivity contribution in [2.24, 2.45) is 0 Å². The summed E-state index contributed by atoms with van der Waals surface area (Å²) in [5, 5.41) is 4.10. The van der Waals surface area contributed by atoms with Crippen LogP contribution in [0.15, 0.2) is 54.7 Å². The zero-order valence-electron chi connectivity index (χ0n) is 13.1. The maximum atomic E-state index is 12.7. The Morgan fingerprint density at radius 1 is 1.05 bits per heavy atom. The fraction of sp³-hybridized carbons (Fsp3) is 0.211. The van der Waals surface area contributed by atoms with Gasteiger partial charge in [-0.05, 0) is 44.5 Å². The predicted octanol–water partition coefficient (Wildman–Crippen LogP) is 4.39. The highest BCUT2D eigenvalue weighted by Crippen LogP contribution is 2.31. The first kappa shape index (κ1) is 14.4. The number of nitrogens with one attached hydrogen (secondary N) is 2. The first-order valence-corrected chi connectivity index (χ1v) is 7.43. The molecule has 0 fully saturated rings. The summed E-state index contributed by atoms with van der Waals surface area (Å²) < 4.78 is 0. The molecule has 112 valence electrons. The number of anilines is 1. The molecule has 0 saturated carbocycles. The molecular weight excluding hydrogens is 272 g/mol. The topological polar surface area (TPSA) is 44.9 Å². The monoisotopic (exact) mass is 292 g/mol. The van der Waals surface area contributed by atoms with Gasteiger partial charge in [0.25, 0.3) is 0 Å². The SMILES string of the molecule is Cc1ccc(NC(=O)C(C)(C)c2c[nH]c3ccccc23)cc1. The zero-order chi connectivity index (χ0) is 15.7. The van der Waals surface area contributed by atoms with Crippen LogP contribution in [0.25, 0.3) is 10.9 Å². The number of fused-ring (bicyclic) bond motifs is 1. The van der Waals surface area contributed by atoms with Crippen LogP contribution in [0, 0.1) is 6.92 Å². The molecule has 3 aromatic rings. The Hall–Kier alpha value is -2.55. The Kier molecular flexibility index (Phi) is 3.49. The fourth-order valence-electron chi connectivity index (χ4n) is 2.64. The van der Waals surface area contributed by atoms with Gasteiger partial charge in [-0.2, -0.15) is 0 Å². The number of hydrogen-bond donors (Lipinski definition) is 2. The lowest BCUT2D eigenvalue weighted by Gasteiger charge is -2.23. The Labute approximate surface area is 130 Å². The number of benzene rings is 2. The molecule has 3 nitrogen and oxygen atoms in total. The first-order chi connectivity index (χ1) is 10.5. The summed E-state index contributed by atoms with van der Waals surface area (Å²) in [6.07, 6.45) is 1.93. The molecule has 1 amide bonds. The van der Waals surface area contributed by atoms with Crippen LogP contribution in [0.4, 0.5) is 5.69 Å². The zero-order valence-corrected chi connectivity index (χ0v) is 13.1. The van der Waals surface area contributed by atoms with Gasteiger partial charge in [0.15, 0.2) is 0 Å². The summed E-state index contributed by atoms with van der Waals surface area (Å²) in [4.78, 5) is 16.0. The molecule has 0 bridgehead atoms. The number of rotatable bonds is 3. The lowest BCUT2D eigenvalue weighted by atomic mass is 9.83. The third-order valence-corrected chi connectivity index (χ3v) is 4.14. The van der Waals surface area contributed by atoms with Crippen LogP contribution in [0.2, 0.25) is 0 Å². The minimum absolute atomic E-state index is 0.0129. The summed E-state index contributed by atoms with van der Waals surface area (Å²) >= 11 is 0. The molecule has 22 heavy (non-hydrogen) atoms. The summed E-state index contributed by atoms with van der Waals surface area (Å²) in [6, 6.07) is 15.9. The molecule has 0 atom stereocenters. The molecule has 0 spiro atoms. The van der Waals surface area contributed by atoms with E-state index in [2.05, 4.69) is 10.3 Å². The number of carbonyl (C=O) groups excluding carboxylic acids is 1. The average molecular weight is 292 g/mol. The van der Waals surface area contributed by atoms with E-state index in [4.69, 9.17) is 0 Å². The van der Waals surface area contributed by atoms with Crippen molar-refractivity contribution in [1.82, 2.24) is 4.98 Å². The van der Waals surface area contributed by atoms with Crippen molar-refractivity contribution in [2.75, 3.05) is 5.32 Å². The molecule has 1 heterocycles. The molecule has 1 aromatic heterocycles. The van der Waals surface area contributed by atoms with Crippen molar-refractivity contribution in [3.8, 4) is 0 Å². The van der Waals surface area contributed by atoms with Gasteiger partial charge < -0.3 is 10.3 Å². The maximum absolute atomic E-state index is 12.7. The van der Waals surface area contributed by atoms with Crippen LogP contribution < -0.4 is 5.32 Å². The number of carbonyl (C=O) groups is 1. The van der Waals surface area contributed by atoms with E-state index in [1.165, 1.54) is 5.56 Å². The van der Waals surface area contributed by atoms with Crippen LogP contribution in [0.1, 0.15) is 25.0 Å². The number of H-pyrrole nitrogens is 1. The number of hydrogen-bond acceptors (Lipinski definition) is 1. The number of amides is 1. The van der Waals surface area contributed by atoms with E-state index in [9.17, 15) is 4.79 Å². The maximum Gasteiger partial charge on any atom is 0.234 e. The van der Waals surface area contributed by atoms with Gasteiger partial charge in [-0.1, -0.05) is 35.9 Å². The molecular formula is C19H20N2O. The van der Waals surface area contributed by atoms with Crippen LogP contribution in [0.3, 0.4) is 0 Å². The molecule has 2 aromatic carbocycles. The molecule has 0 radical (unpaired) electrons. The van der Waals surface area contributed by atoms with Crippen LogP contribution in [-0.4, -0.2) is 10.9 Å². The van der Waals surface area contributed by atoms with Gasteiger partial charge in [0, 0.05) is 22.8 Å². The summed E-state index contributed by atoms with van der Waals surface area (Å²) in [5.74, 6) is -0.0129. The van der Waals surface area contributed by atoms with Gasteiger partial charge in [-0.25, -0.2) is 0 Å². The minimum atomic E-state index is -0.621. The van der Waals surface area contributed by atoms with Crippen molar-refractivity contribution in [3.63, 3.8) is 0 Å². The smallest absolute Gasteiger partial charge is 0.234 e. The van der Waals surface area contributed by atoms with E-state index in [0.29, 0.717) is 0 Å². The third kappa shape index (κ3) is 2.50. The van der Waals surface area contributed by atoms with Crippen molar-refractivity contribution in [2.45, 2.75) is 26.2 Å². The molecule has 0 aliphatic heterocycles. The van der Waals surface area contributed by atoms with Crippen molar-refractivity contribution < 1.29 is 4.79 Å². The quantitative estimate of drug-likeness (QED) is 0.738. The normalized spacial score (nSPS) is 11.6. The van der Waals surface area contributed by atoms with E-state index in [0.717, 1.165) is 22.2 Å². The van der Waals surface area contributed by atoms with Gasteiger partial charge in [0.1, 0.15) is 0 Å². The summed E-state index contributed by atoms with van der Waals surface area (Å²) in [7, 11) is 0. The van der Waals surface area contributed by atoms with Crippen LogP contribution in [-0.2, 0) is 10.2 Å². The van der Waals surface area contributed by atoms with E-state index < -0.39 is 5.41 Å². The highest BCUT2D eigenvalue weighted by molar-refractivity contribution is 6.01. The molecule has 0 aliphatic carbocycles. The number of aromatic nitrogens is 1. The Morgan fingerprint density at radius 3 is 2.45 bits per heavy atom. The Bertz CT molecular complexity index is 813. The first-order valence-electron chi connectivity index (χ1n) is 7.43. The minimum Gasteiger partial charge on any atom is -0.361 e.